The number of ether oxygens (including phenoxy) is 1. The maximum absolute atomic E-state index is 5.73. The van der Waals surface area contributed by atoms with E-state index in [1.54, 1.807) is 0 Å². The van der Waals surface area contributed by atoms with Crippen molar-refractivity contribution in [2.75, 3.05) is 0 Å². The number of aryl methyl sites for hydroxylation is 1. The monoisotopic (exact) mass is 289 g/mol. The van der Waals surface area contributed by atoms with Crippen LogP contribution in [0.4, 0.5) is 0 Å². The minimum absolute atomic E-state index is 0.461. The predicted octanol–water partition coefficient (Wildman–Crippen LogP) is 2.79. The minimum atomic E-state index is 0.461. The maximum atomic E-state index is 5.73. The molecule has 70 valence electrons. The van der Waals surface area contributed by atoms with Crippen LogP contribution in [0.1, 0.15) is 25.3 Å². The van der Waals surface area contributed by atoms with Gasteiger partial charge in [-0.3, -0.25) is 0 Å². The molecule has 0 aromatic carbocycles. The van der Waals surface area contributed by atoms with Gasteiger partial charge in [-0.25, -0.2) is 4.98 Å². The lowest BCUT2D eigenvalue weighted by Gasteiger charge is -2.07. The van der Waals surface area contributed by atoms with Crippen molar-refractivity contribution in [1.29, 1.82) is 0 Å². The van der Waals surface area contributed by atoms with Crippen molar-refractivity contribution in [3.63, 3.8) is 0 Å². The molecule has 13 heavy (non-hydrogen) atoms. The van der Waals surface area contributed by atoms with E-state index in [2.05, 4.69) is 40.6 Å². The van der Waals surface area contributed by atoms with Crippen molar-refractivity contribution in [1.82, 2.24) is 4.98 Å². The van der Waals surface area contributed by atoms with Crippen LogP contribution in [0.3, 0.4) is 0 Å². The zero-order chi connectivity index (χ0) is 9.26. The van der Waals surface area contributed by atoms with Crippen LogP contribution in [-0.2, 0) is 6.42 Å². The summed E-state index contributed by atoms with van der Waals surface area (Å²) < 4.78 is 6.70. The summed E-state index contributed by atoms with van der Waals surface area (Å²) in [5.74, 6) is 0.961. The molecule has 0 aliphatic heterocycles. The average Bonchev–Trinajstić information content (AvgIpc) is 2.93. The molecular weight excluding hydrogens is 277 g/mol. The normalized spacial score (nSPS) is 15.8. The molecule has 1 heterocycles. The fourth-order valence-electron chi connectivity index (χ4n) is 1.11. The van der Waals surface area contributed by atoms with Gasteiger partial charge in [0.15, 0.2) is 5.75 Å². The first-order chi connectivity index (χ1) is 6.29. The van der Waals surface area contributed by atoms with Crippen molar-refractivity contribution >= 4 is 22.6 Å². The molecule has 1 aliphatic rings. The van der Waals surface area contributed by atoms with Crippen LogP contribution in [-0.4, -0.2) is 11.1 Å². The van der Waals surface area contributed by atoms with E-state index in [9.17, 15) is 0 Å². The van der Waals surface area contributed by atoms with Crippen molar-refractivity contribution in [3.8, 4) is 5.75 Å². The number of aromatic nitrogens is 1. The molecule has 0 bridgehead atoms. The van der Waals surface area contributed by atoms with Gasteiger partial charge in [-0.05, 0) is 53.5 Å². The number of rotatable bonds is 3. The molecule has 1 saturated carbocycles. The Morgan fingerprint density at radius 3 is 3.00 bits per heavy atom. The van der Waals surface area contributed by atoms with Crippen LogP contribution >= 0.6 is 22.6 Å². The van der Waals surface area contributed by atoms with E-state index in [-0.39, 0.29) is 0 Å². The van der Waals surface area contributed by atoms with Gasteiger partial charge < -0.3 is 4.74 Å². The highest BCUT2D eigenvalue weighted by Gasteiger charge is 2.24. The first kappa shape index (κ1) is 9.24. The fraction of sp³-hybridized carbons (Fsp3) is 0.500. The van der Waals surface area contributed by atoms with Gasteiger partial charge in [-0.2, -0.15) is 0 Å². The number of halogens is 1. The van der Waals surface area contributed by atoms with Gasteiger partial charge in [0.05, 0.1) is 6.10 Å². The Labute approximate surface area is 91.8 Å². The maximum Gasteiger partial charge on any atom is 0.151 e. The SMILES string of the molecule is CCc1cnc(I)c(OC2CC2)c1. The van der Waals surface area contributed by atoms with Gasteiger partial charge in [0.1, 0.15) is 3.70 Å². The second-order valence-electron chi connectivity index (χ2n) is 3.30. The quantitative estimate of drug-likeness (QED) is 0.630. The van der Waals surface area contributed by atoms with Gasteiger partial charge in [0.25, 0.3) is 0 Å². The van der Waals surface area contributed by atoms with Crippen LogP contribution in [0, 0.1) is 3.70 Å². The Hall–Kier alpha value is -0.320. The Balaban J connectivity index is 2.19. The smallest absolute Gasteiger partial charge is 0.151 e. The molecule has 0 spiro atoms. The van der Waals surface area contributed by atoms with Crippen molar-refractivity contribution in [3.05, 3.63) is 21.5 Å². The molecule has 1 aromatic rings. The molecule has 0 atom stereocenters. The summed E-state index contributed by atoms with van der Waals surface area (Å²) in [5.41, 5.74) is 1.25. The molecule has 1 fully saturated rings. The number of hydrogen-bond acceptors (Lipinski definition) is 2. The van der Waals surface area contributed by atoms with Gasteiger partial charge in [0, 0.05) is 6.20 Å². The molecule has 1 aliphatic carbocycles. The average molecular weight is 289 g/mol. The molecule has 2 nitrogen and oxygen atoms in total. The minimum Gasteiger partial charge on any atom is -0.488 e. The zero-order valence-electron chi connectivity index (χ0n) is 7.59. The van der Waals surface area contributed by atoms with Crippen molar-refractivity contribution in [2.45, 2.75) is 32.3 Å². The molecule has 0 unspecified atom stereocenters. The second kappa shape index (κ2) is 3.82. The van der Waals surface area contributed by atoms with E-state index in [1.165, 1.54) is 18.4 Å². The summed E-state index contributed by atoms with van der Waals surface area (Å²) in [5, 5.41) is 0. The van der Waals surface area contributed by atoms with Crippen LogP contribution < -0.4 is 4.74 Å². The van der Waals surface area contributed by atoms with Gasteiger partial charge in [-0.15, -0.1) is 0 Å². The van der Waals surface area contributed by atoms with Crippen LogP contribution in [0.15, 0.2) is 12.3 Å². The Kier molecular flexibility index (Phi) is 2.71. The van der Waals surface area contributed by atoms with Crippen molar-refractivity contribution in [2.24, 2.45) is 0 Å². The summed E-state index contributed by atoms with van der Waals surface area (Å²) in [6, 6.07) is 2.10. The van der Waals surface area contributed by atoms with E-state index in [4.69, 9.17) is 4.74 Å². The van der Waals surface area contributed by atoms with Crippen molar-refractivity contribution < 1.29 is 4.74 Å². The summed E-state index contributed by atoms with van der Waals surface area (Å²) in [7, 11) is 0. The van der Waals surface area contributed by atoms with Crippen LogP contribution in [0.5, 0.6) is 5.75 Å². The second-order valence-corrected chi connectivity index (χ2v) is 4.33. The summed E-state index contributed by atoms with van der Waals surface area (Å²) >= 11 is 2.22. The van der Waals surface area contributed by atoms with E-state index >= 15 is 0 Å². The van der Waals surface area contributed by atoms with Gasteiger partial charge >= 0.3 is 0 Å². The lowest BCUT2D eigenvalue weighted by Crippen LogP contribution is -2.00. The zero-order valence-corrected chi connectivity index (χ0v) is 9.74. The Morgan fingerprint density at radius 2 is 2.38 bits per heavy atom. The van der Waals surface area contributed by atoms with E-state index < -0.39 is 0 Å². The molecule has 0 saturated heterocycles. The summed E-state index contributed by atoms with van der Waals surface area (Å²) in [4.78, 5) is 4.29. The third kappa shape index (κ3) is 2.33. The molecule has 1 aromatic heterocycles. The molecule has 0 N–H and O–H groups in total. The third-order valence-corrected chi connectivity index (χ3v) is 2.90. The third-order valence-electron chi connectivity index (χ3n) is 2.09. The fourth-order valence-corrected chi connectivity index (χ4v) is 1.53. The first-order valence-corrected chi connectivity index (χ1v) is 5.68. The number of pyridine rings is 1. The van der Waals surface area contributed by atoms with E-state index in [1.807, 2.05) is 6.20 Å². The van der Waals surface area contributed by atoms with Crippen LogP contribution in [0.2, 0.25) is 0 Å². The highest BCUT2D eigenvalue weighted by Crippen LogP contribution is 2.29. The molecule has 0 amide bonds. The molecule has 0 radical (unpaired) electrons. The molecule has 2 rings (SSSR count). The van der Waals surface area contributed by atoms with Crippen LogP contribution in [0.25, 0.3) is 0 Å². The van der Waals surface area contributed by atoms with E-state index in [0.717, 1.165) is 15.9 Å². The van der Waals surface area contributed by atoms with Gasteiger partial charge in [0.2, 0.25) is 0 Å². The largest absolute Gasteiger partial charge is 0.488 e. The summed E-state index contributed by atoms with van der Waals surface area (Å²) in [6.07, 6.45) is 5.80. The number of hydrogen-bond donors (Lipinski definition) is 0. The standard InChI is InChI=1S/C10H12INO/c1-2-7-5-9(10(11)12-6-7)13-8-3-4-8/h5-6,8H,2-4H2,1H3. The van der Waals surface area contributed by atoms with E-state index in [0.29, 0.717) is 6.10 Å². The Bertz CT molecular complexity index is 310. The highest BCUT2D eigenvalue weighted by molar-refractivity contribution is 14.1. The lowest BCUT2D eigenvalue weighted by molar-refractivity contribution is 0.299. The topological polar surface area (TPSA) is 22.1 Å². The summed E-state index contributed by atoms with van der Waals surface area (Å²) in [6.45, 7) is 2.13. The Morgan fingerprint density at radius 1 is 1.62 bits per heavy atom. The first-order valence-electron chi connectivity index (χ1n) is 4.60. The lowest BCUT2D eigenvalue weighted by atomic mass is 10.2. The predicted molar refractivity (Wildman–Crippen MR) is 60.0 cm³/mol. The highest BCUT2D eigenvalue weighted by atomic mass is 127. The number of nitrogens with zero attached hydrogens (tertiary/aromatic N) is 1. The molecular formula is C10H12INO. The van der Waals surface area contributed by atoms with Gasteiger partial charge in [-0.1, -0.05) is 6.92 Å². The molecule has 3 heteroatoms.